The second kappa shape index (κ2) is 7.85. The van der Waals surface area contributed by atoms with Gasteiger partial charge in [-0.05, 0) is 41.1 Å². The van der Waals surface area contributed by atoms with Crippen LogP contribution in [0.2, 0.25) is 5.02 Å². The van der Waals surface area contributed by atoms with Crippen molar-refractivity contribution in [1.82, 2.24) is 9.78 Å². The van der Waals surface area contributed by atoms with Crippen molar-refractivity contribution in [3.8, 4) is 0 Å². The summed E-state index contributed by atoms with van der Waals surface area (Å²) in [7, 11) is 0. The van der Waals surface area contributed by atoms with Gasteiger partial charge in [0, 0.05) is 22.3 Å². The molecule has 1 aromatic heterocycles. The lowest BCUT2D eigenvalue weighted by Gasteiger charge is -2.11. The Bertz CT molecular complexity index is 951. The summed E-state index contributed by atoms with van der Waals surface area (Å²) in [6.07, 6.45) is 1.73. The van der Waals surface area contributed by atoms with Crippen LogP contribution in [-0.2, 0) is 11.3 Å². The van der Waals surface area contributed by atoms with Gasteiger partial charge < -0.3 is 5.32 Å². The first-order valence-corrected chi connectivity index (χ1v) is 9.00. The van der Waals surface area contributed by atoms with E-state index >= 15 is 0 Å². The van der Waals surface area contributed by atoms with Gasteiger partial charge in [-0.1, -0.05) is 41.9 Å². The maximum atomic E-state index is 12.8. The fourth-order valence-corrected chi connectivity index (χ4v) is 2.96. The zero-order valence-electron chi connectivity index (χ0n) is 13.9. The molecule has 26 heavy (non-hydrogen) atoms. The molecular weight excluding hydrogens is 418 g/mol. The monoisotopic (exact) mass is 431 g/mol. The van der Waals surface area contributed by atoms with E-state index in [0.717, 1.165) is 10.2 Å². The van der Waals surface area contributed by atoms with Crippen LogP contribution >= 0.6 is 27.5 Å². The first kappa shape index (κ1) is 18.4. The Morgan fingerprint density at radius 3 is 2.58 bits per heavy atom. The van der Waals surface area contributed by atoms with Crippen molar-refractivity contribution in [2.45, 2.75) is 13.5 Å². The Hall–Kier alpha value is -2.44. The van der Waals surface area contributed by atoms with Crippen molar-refractivity contribution in [2.75, 3.05) is 5.32 Å². The predicted octanol–water partition coefficient (Wildman–Crippen LogP) is 4.48. The van der Waals surface area contributed by atoms with Crippen molar-refractivity contribution in [2.24, 2.45) is 0 Å². The van der Waals surface area contributed by atoms with Crippen LogP contribution in [-0.4, -0.2) is 21.5 Å². The van der Waals surface area contributed by atoms with E-state index in [1.807, 2.05) is 13.0 Å². The fourth-order valence-electron chi connectivity index (χ4n) is 2.47. The number of nitrogens with one attached hydrogen (secondary N) is 1. The molecule has 0 spiro atoms. The lowest BCUT2D eigenvalue weighted by Crippen LogP contribution is -2.20. The predicted molar refractivity (Wildman–Crippen MR) is 105 cm³/mol. The molecule has 0 fully saturated rings. The third-order valence-corrected chi connectivity index (χ3v) is 4.74. The van der Waals surface area contributed by atoms with Gasteiger partial charge in [-0.15, -0.1) is 0 Å². The highest BCUT2D eigenvalue weighted by molar-refractivity contribution is 9.10. The largest absolute Gasteiger partial charge is 0.324 e. The average Bonchev–Trinajstić information content (AvgIpc) is 2.93. The van der Waals surface area contributed by atoms with E-state index in [2.05, 4.69) is 26.3 Å². The number of aromatic nitrogens is 2. The van der Waals surface area contributed by atoms with Gasteiger partial charge in [-0.2, -0.15) is 5.10 Å². The fraction of sp³-hybridized carbons (Fsp3) is 0.105. The topological polar surface area (TPSA) is 64.0 Å². The Kier molecular flexibility index (Phi) is 5.54. The van der Waals surface area contributed by atoms with Gasteiger partial charge in [-0.3, -0.25) is 14.3 Å². The molecule has 0 unspecified atom stereocenters. The summed E-state index contributed by atoms with van der Waals surface area (Å²) in [6.45, 7) is 1.88. The van der Waals surface area contributed by atoms with E-state index in [1.54, 1.807) is 48.7 Å². The molecule has 1 N–H and O–H groups in total. The van der Waals surface area contributed by atoms with Gasteiger partial charge in [0.15, 0.2) is 5.78 Å². The van der Waals surface area contributed by atoms with Crippen LogP contribution in [0, 0.1) is 6.92 Å². The first-order chi connectivity index (χ1) is 12.4. The summed E-state index contributed by atoms with van der Waals surface area (Å²) >= 11 is 9.41. The zero-order valence-corrected chi connectivity index (χ0v) is 16.2. The molecule has 0 atom stereocenters. The third kappa shape index (κ3) is 4.20. The Morgan fingerprint density at radius 1 is 1.19 bits per heavy atom. The van der Waals surface area contributed by atoms with Crippen molar-refractivity contribution < 1.29 is 9.59 Å². The molecule has 7 heteroatoms. The lowest BCUT2D eigenvalue weighted by atomic mass is 10.0. The molecule has 2 aromatic carbocycles. The van der Waals surface area contributed by atoms with Crippen LogP contribution in [0.5, 0.6) is 0 Å². The molecule has 0 aliphatic heterocycles. The number of anilines is 1. The number of carbonyl (C=O) groups is 2. The SMILES string of the molecule is Cc1nn(CC(=O)Nc2ccc(Cl)cc2C(=O)c2ccccc2)cc1Br. The Morgan fingerprint density at radius 2 is 1.92 bits per heavy atom. The number of benzene rings is 2. The summed E-state index contributed by atoms with van der Waals surface area (Å²) in [5.74, 6) is -0.495. The summed E-state index contributed by atoms with van der Waals surface area (Å²) in [5.41, 5.74) is 2.08. The maximum Gasteiger partial charge on any atom is 0.246 e. The number of ketones is 1. The Labute approximate surface area is 164 Å². The highest BCUT2D eigenvalue weighted by Gasteiger charge is 2.16. The quantitative estimate of drug-likeness (QED) is 0.605. The number of hydrogen-bond donors (Lipinski definition) is 1. The van der Waals surface area contributed by atoms with Gasteiger partial charge in [0.25, 0.3) is 0 Å². The molecule has 1 amide bonds. The van der Waals surface area contributed by atoms with E-state index in [4.69, 9.17) is 11.6 Å². The van der Waals surface area contributed by atoms with Crippen LogP contribution in [0.1, 0.15) is 21.6 Å². The van der Waals surface area contributed by atoms with Crippen LogP contribution in [0.3, 0.4) is 0 Å². The van der Waals surface area contributed by atoms with E-state index in [1.165, 1.54) is 4.68 Å². The Balaban J connectivity index is 1.83. The molecule has 1 heterocycles. The van der Waals surface area contributed by atoms with E-state index in [-0.39, 0.29) is 18.2 Å². The molecule has 5 nitrogen and oxygen atoms in total. The molecule has 0 aliphatic carbocycles. The highest BCUT2D eigenvalue weighted by Crippen LogP contribution is 2.24. The minimum Gasteiger partial charge on any atom is -0.324 e. The second-order valence-corrected chi connectivity index (χ2v) is 6.98. The molecule has 132 valence electrons. The summed E-state index contributed by atoms with van der Waals surface area (Å²) < 4.78 is 2.36. The van der Waals surface area contributed by atoms with Gasteiger partial charge in [0.05, 0.1) is 15.9 Å². The maximum absolute atomic E-state index is 12.8. The van der Waals surface area contributed by atoms with Gasteiger partial charge >= 0.3 is 0 Å². The molecule has 0 bridgehead atoms. The molecule has 3 rings (SSSR count). The van der Waals surface area contributed by atoms with Gasteiger partial charge in [-0.25, -0.2) is 0 Å². The third-order valence-electron chi connectivity index (χ3n) is 3.73. The van der Waals surface area contributed by atoms with E-state index < -0.39 is 0 Å². The zero-order chi connectivity index (χ0) is 18.7. The number of carbonyl (C=O) groups excluding carboxylic acids is 2. The summed E-state index contributed by atoms with van der Waals surface area (Å²) in [4.78, 5) is 25.1. The number of nitrogens with zero attached hydrogens (tertiary/aromatic N) is 2. The second-order valence-electron chi connectivity index (χ2n) is 5.69. The number of rotatable bonds is 5. The normalized spacial score (nSPS) is 10.6. The molecular formula is C19H15BrClN3O2. The van der Waals surface area contributed by atoms with Gasteiger partial charge in [0.2, 0.25) is 5.91 Å². The minimum atomic E-state index is -0.288. The minimum absolute atomic E-state index is 0.0357. The van der Waals surface area contributed by atoms with Crippen LogP contribution in [0.4, 0.5) is 5.69 Å². The first-order valence-electron chi connectivity index (χ1n) is 7.83. The number of halogens is 2. The van der Waals surface area contributed by atoms with Crippen LogP contribution < -0.4 is 5.32 Å². The van der Waals surface area contributed by atoms with Crippen molar-refractivity contribution in [3.05, 3.63) is 81.0 Å². The highest BCUT2D eigenvalue weighted by atomic mass is 79.9. The van der Waals surface area contributed by atoms with Crippen molar-refractivity contribution in [3.63, 3.8) is 0 Å². The molecule has 0 radical (unpaired) electrons. The number of amides is 1. The standard InChI is InChI=1S/C19H15BrClN3O2/c1-12-16(20)10-24(23-12)11-18(25)22-17-8-7-14(21)9-15(17)19(26)13-5-3-2-4-6-13/h2-10H,11H2,1H3,(H,22,25). The lowest BCUT2D eigenvalue weighted by molar-refractivity contribution is -0.116. The number of hydrogen-bond acceptors (Lipinski definition) is 3. The summed E-state index contributed by atoms with van der Waals surface area (Å²) in [5, 5.41) is 7.43. The number of aryl methyl sites for hydroxylation is 1. The molecule has 0 saturated carbocycles. The molecule has 3 aromatic rings. The average molecular weight is 433 g/mol. The van der Waals surface area contributed by atoms with Gasteiger partial charge in [0.1, 0.15) is 6.54 Å². The van der Waals surface area contributed by atoms with Crippen molar-refractivity contribution >= 4 is 44.9 Å². The van der Waals surface area contributed by atoms with Crippen LogP contribution in [0.25, 0.3) is 0 Å². The van der Waals surface area contributed by atoms with E-state index in [0.29, 0.717) is 21.8 Å². The van der Waals surface area contributed by atoms with E-state index in [9.17, 15) is 9.59 Å². The van der Waals surface area contributed by atoms with Crippen LogP contribution in [0.15, 0.2) is 59.2 Å². The smallest absolute Gasteiger partial charge is 0.246 e. The molecule has 0 saturated heterocycles. The van der Waals surface area contributed by atoms with Crippen molar-refractivity contribution in [1.29, 1.82) is 0 Å². The summed E-state index contributed by atoms with van der Waals surface area (Å²) in [6, 6.07) is 13.7. The molecule has 0 aliphatic rings.